The summed E-state index contributed by atoms with van der Waals surface area (Å²) in [6.07, 6.45) is 2.00. The first-order valence-corrected chi connectivity index (χ1v) is 10.3. The zero-order valence-corrected chi connectivity index (χ0v) is 17.7. The van der Waals surface area contributed by atoms with Gasteiger partial charge in [-0.2, -0.15) is 12.6 Å². The summed E-state index contributed by atoms with van der Waals surface area (Å²) in [5, 5.41) is 10.4. The summed E-state index contributed by atoms with van der Waals surface area (Å²) in [7, 11) is 0. The maximum atomic E-state index is 12.9. The Morgan fingerprint density at radius 1 is 1.31 bits per heavy atom. The van der Waals surface area contributed by atoms with E-state index in [2.05, 4.69) is 75.3 Å². The van der Waals surface area contributed by atoms with Crippen molar-refractivity contribution in [3.8, 4) is 0 Å². The summed E-state index contributed by atoms with van der Waals surface area (Å²) in [6, 6.07) is 8.38. The van der Waals surface area contributed by atoms with E-state index in [0.29, 0.717) is 11.3 Å². The minimum Gasteiger partial charge on any atom is -0.325 e. The maximum Gasteiger partial charge on any atom is 0.241 e. The lowest BCUT2D eigenvalue weighted by Crippen LogP contribution is -2.48. The molecule has 1 aliphatic rings. The molecule has 1 aromatic carbocycles. The third-order valence-corrected chi connectivity index (χ3v) is 5.69. The Labute approximate surface area is 164 Å². The highest BCUT2D eigenvalue weighted by Gasteiger charge is 2.27. The fraction of sp³-hybridized carbons (Fsp3) is 0.667. The van der Waals surface area contributed by atoms with Crippen molar-refractivity contribution in [1.82, 2.24) is 10.6 Å². The van der Waals surface area contributed by atoms with Crippen molar-refractivity contribution in [2.75, 3.05) is 18.4 Å². The van der Waals surface area contributed by atoms with Gasteiger partial charge in [-0.05, 0) is 35.4 Å². The highest BCUT2D eigenvalue weighted by Crippen LogP contribution is 2.23. The summed E-state index contributed by atoms with van der Waals surface area (Å²) >= 11 is 4.52. The SMILES string of the molecule is CC[C@H](C)[C@H](NC[C@H]1C[C@@H](S)CN1)C(=O)Nc1ccc(C(C)(C)C)cc1. The summed E-state index contributed by atoms with van der Waals surface area (Å²) in [4.78, 5) is 12.9. The quantitative estimate of drug-likeness (QED) is 0.549. The van der Waals surface area contributed by atoms with E-state index in [-0.39, 0.29) is 23.3 Å². The van der Waals surface area contributed by atoms with Crippen LogP contribution >= 0.6 is 12.6 Å². The van der Waals surface area contributed by atoms with Crippen LogP contribution in [0.15, 0.2) is 24.3 Å². The predicted octanol–water partition coefficient (Wildman–Crippen LogP) is 3.59. The molecule has 26 heavy (non-hydrogen) atoms. The Bertz CT molecular complexity index is 582. The van der Waals surface area contributed by atoms with Crippen LogP contribution in [0.4, 0.5) is 5.69 Å². The number of carbonyl (C=O) groups excluding carboxylic acids is 1. The molecule has 2 rings (SSSR count). The second kappa shape index (κ2) is 9.25. The number of anilines is 1. The average molecular weight is 378 g/mol. The third kappa shape index (κ3) is 6.00. The lowest BCUT2D eigenvalue weighted by atomic mass is 9.87. The topological polar surface area (TPSA) is 53.2 Å². The van der Waals surface area contributed by atoms with Crippen molar-refractivity contribution in [2.45, 2.75) is 70.2 Å². The smallest absolute Gasteiger partial charge is 0.241 e. The number of hydrogen-bond donors (Lipinski definition) is 4. The molecule has 0 unspecified atom stereocenters. The number of amides is 1. The van der Waals surface area contributed by atoms with Gasteiger partial charge in [-0.25, -0.2) is 0 Å². The molecule has 0 saturated carbocycles. The molecule has 146 valence electrons. The first-order valence-electron chi connectivity index (χ1n) is 9.77. The largest absolute Gasteiger partial charge is 0.325 e. The van der Waals surface area contributed by atoms with Gasteiger partial charge < -0.3 is 16.0 Å². The van der Waals surface area contributed by atoms with E-state index in [4.69, 9.17) is 0 Å². The number of thiol groups is 1. The first-order chi connectivity index (χ1) is 12.2. The molecule has 1 aliphatic heterocycles. The monoisotopic (exact) mass is 377 g/mol. The highest BCUT2D eigenvalue weighted by molar-refractivity contribution is 7.81. The molecule has 0 aliphatic carbocycles. The molecule has 0 spiro atoms. The molecule has 1 fully saturated rings. The Balaban J connectivity index is 1.97. The highest BCUT2D eigenvalue weighted by atomic mass is 32.1. The van der Waals surface area contributed by atoms with Gasteiger partial charge in [-0.3, -0.25) is 4.79 Å². The number of rotatable bonds is 7. The fourth-order valence-electron chi connectivity index (χ4n) is 3.28. The Morgan fingerprint density at radius 3 is 2.46 bits per heavy atom. The van der Waals surface area contributed by atoms with Gasteiger partial charge in [0, 0.05) is 30.1 Å². The van der Waals surface area contributed by atoms with Crippen molar-refractivity contribution in [3.63, 3.8) is 0 Å². The molecular formula is C21H35N3OS. The van der Waals surface area contributed by atoms with Crippen molar-refractivity contribution >= 4 is 24.2 Å². The Kier molecular flexibility index (Phi) is 7.56. The maximum absolute atomic E-state index is 12.9. The first kappa shape index (κ1) is 21.3. The van der Waals surface area contributed by atoms with Crippen LogP contribution in [-0.4, -0.2) is 36.3 Å². The summed E-state index contributed by atoms with van der Waals surface area (Å²) in [5.74, 6) is 0.320. The molecule has 5 heteroatoms. The van der Waals surface area contributed by atoms with Crippen LogP contribution in [0.3, 0.4) is 0 Å². The van der Waals surface area contributed by atoms with Gasteiger partial charge in [-0.1, -0.05) is 53.2 Å². The Morgan fingerprint density at radius 2 is 1.96 bits per heavy atom. The van der Waals surface area contributed by atoms with Crippen LogP contribution in [0, 0.1) is 5.92 Å². The molecule has 0 bridgehead atoms. The van der Waals surface area contributed by atoms with Gasteiger partial charge in [0.1, 0.15) is 0 Å². The van der Waals surface area contributed by atoms with E-state index < -0.39 is 0 Å². The van der Waals surface area contributed by atoms with E-state index >= 15 is 0 Å². The average Bonchev–Trinajstić information content (AvgIpc) is 2.99. The minimum absolute atomic E-state index is 0.0447. The van der Waals surface area contributed by atoms with E-state index in [9.17, 15) is 4.79 Å². The van der Waals surface area contributed by atoms with Crippen LogP contribution in [0.1, 0.15) is 53.0 Å². The van der Waals surface area contributed by atoms with Gasteiger partial charge in [-0.15, -0.1) is 0 Å². The normalized spacial score (nSPS) is 22.8. The van der Waals surface area contributed by atoms with Crippen molar-refractivity contribution in [1.29, 1.82) is 0 Å². The molecular weight excluding hydrogens is 342 g/mol. The van der Waals surface area contributed by atoms with E-state index in [1.165, 1.54) is 5.56 Å². The molecule has 1 heterocycles. The van der Waals surface area contributed by atoms with Gasteiger partial charge in [0.25, 0.3) is 0 Å². The lowest BCUT2D eigenvalue weighted by Gasteiger charge is -2.25. The fourth-order valence-corrected chi connectivity index (χ4v) is 3.64. The molecule has 1 amide bonds. The van der Waals surface area contributed by atoms with Crippen molar-refractivity contribution in [3.05, 3.63) is 29.8 Å². The molecule has 0 radical (unpaired) electrons. The predicted molar refractivity (Wildman–Crippen MR) is 114 cm³/mol. The minimum atomic E-state index is -0.192. The summed E-state index contributed by atoms with van der Waals surface area (Å²) < 4.78 is 0. The number of nitrogens with one attached hydrogen (secondary N) is 3. The second-order valence-electron chi connectivity index (χ2n) is 8.58. The van der Waals surface area contributed by atoms with Crippen molar-refractivity contribution in [2.24, 2.45) is 5.92 Å². The molecule has 4 nitrogen and oxygen atoms in total. The number of carbonyl (C=O) groups is 1. The van der Waals surface area contributed by atoms with E-state index in [0.717, 1.165) is 31.6 Å². The lowest BCUT2D eigenvalue weighted by molar-refractivity contribution is -0.119. The van der Waals surface area contributed by atoms with Crippen LogP contribution < -0.4 is 16.0 Å². The number of hydrogen-bond acceptors (Lipinski definition) is 4. The molecule has 3 N–H and O–H groups in total. The van der Waals surface area contributed by atoms with Crippen molar-refractivity contribution < 1.29 is 4.79 Å². The van der Waals surface area contributed by atoms with E-state index in [1.807, 2.05) is 12.1 Å². The molecule has 4 atom stereocenters. The summed E-state index contributed by atoms with van der Waals surface area (Å²) in [6.45, 7) is 12.6. The van der Waals surface area contributed by atoms with Gasteiger partial charge in [0.15, 0.2) is 0 Å². The molecule has 1 saturated heterocycles. The zero-order chi connectivity index (χ0) is 19.3. The summed E-state index contributed by atoms with van der Waals surface area (Å²) in [5.41, 5.74) is 2.23. The number of benzene rings is 1. The van der Waals surface area contributed by atoms with Crippen LogP contribution in [0.25, 0.3) is 0 Å². The van der Waals surface area contributed by atoms with E-state index in [1.54, 1.807) is 0 Å². The zero-order valence-electron chi connectivity index (χ0n) is 16.8. The van der Waals surface area contributed by atoms with Crippen LogP contribution in [-0.2, 0) is 10.2 Å². The standard InChI is InChI=1S/C21H35N3OS/c1-6-14(2)19(23-12-17-11-18(26)13-22-17)20(25)24-16-9-7-15(8-10-16)21(3,4)5/h7-10,14,17-19,22-23,26H,6,11-13H2,1-5H3,(H,24,25)/t14-,17+,18+,19-/m0/s1. The van der Waals surface area contributed by atoms with Gasteiger partial charge in [0.2, 0.25) is 5.91 Å². The van der Waals surface area contributed by atoms with Gasteiger partial charge in [0.05, 0.1) is 6.04 Å². The van der Waals surface area contributed by atoms with Crippen LogP contribution in [0.5, 0.6) is 0 Å². The molecule has 1 aromatic rings. The van der Waals surface area contributed by atoms with Crippen LogP contribution in [0.2, 0.25) is 0 Å². The van der Waals surface area contributed by atoms with Gasteiger partial charge >= 0.3 is 0 Å². The molecule has 0 aromatic heterocycles. The Hall–Kier alpha value is -1.04. The third-order valence-electron chi connectivity index (χ3n) is 5.30. The second-order valence-corrected chi connectivity index (χ2v) is 9.31.